The van der Waals surface area contributed by atoms with Gasteiger partial charge in [0, 0.05) is 26.1 Å². The molecule has 22 heavy (non-hydrogen) atoms. The van der Waals surface area contributed by atoms with Crippen molar-refractivity contribution >= 4 is 11.8 Å². The van der Waals surface area contributed by atoms with Crippen LogP contribution in [-0.2, 0) is 9.59 Å². The number of hydrogen-bond donors (Lipinski definition) is 0. The minimum Gasteiger partial charge on any atom is -0.340 e. The maximum atomic E-state index is 12.9. The summed E-state index contributed by atoms with van der Waals surface area (Å²) in [7, 11) is 0. The van der Waals surface area contributed by atoms with Gasteiger partial charge < -0.3 is 9.80 Å². The van der Waals surface area contributed by atoms with E-state index in [1.54, 1.807) is 0 Å². The molecule has 3 rings (SSSR count). The molecular weight excluding hydrogens is 276 g/mol. The van der Waals surface area contributed by atoms with Crippen LogP contribution in [0.25, 0.3) is 0 Å². The maximum Gasteiger partial charge on any atom is 0.245 e. The number of carbonyl (C=O) groups is 2. The molecule has 124 valence electrons. The van der Waals surface area contributed by atoms with Crippen molar-refractivity contribution < 1.29 is 9.59 Å². The molecule has 0 aromatic carbocycles. The molecule has 0 radical (unpaired) electrons. The Morgan fingerprint density at radius 3 is 2.64 bits per heavy atom. The predicted molar refractivity (Wildman–Crippen MR) is 86.2 cm³/mol. The summed E-state index contributed by atoms with van der Waals surface area (Å²) in [6, 6.07) is -0.167. The number of nitrogens with zero attached hydrogens (tertiary/aromatic N) is 2. The number of hydrogen-bond acceptors (Lipinski definition) is 2. The van der Waals surface area contributed by atoms with Crippen molar-refractivity contribution in [2.24, 2.45) is 17.8 Å². The van der Waals surface area contributed by atoms with Gasteiger partial charge in [-0.3, -0.25) is 9.59 Å². The lowest BCUT2D eigenvalue weighted by atomic mass is 9.85. The van der Waals surface area contributed by atoms with Crippen LogP contribution in [0.2, 0.25) is 0 Å². The number of carbonyl (C=O) groups excluding carboxylic acids is 2. The van der Waals surface area contributed by atoms with Gasteiger partial charge in [-0.25, -0.2) is 0 Å². The number of piperidine rings is 2. The highest BCUT2D eigenvalue weighted by molar-refractivity contribution is 5.88. The molecule has 2 aliphatic heterocycles. The smallest absolute Gasteiger partial charge is 0.245 e. The average molecular weight is 306 g/mol. The third kappa shape index (κ3) is 3.31. The first-order chi connectivity index (χ1) is 10.5. The number of likely N-dealkylation sites (tertiary alicyclic amines) is 2. The molecule has 0 aromatic rings. The van der Waals surface area contributed by atoms with E-state index in [1.807, 2.05) is 4.90 Å². The van der Waals surface area contributed by atoms with Gasteiger partial charge in [0.25, 0.3) is 0 Å². The van der Waals surface area contributed by atoms with Crippen molar-refractivity contribution in [3.05, 3.63) is 0 Å². The molecule has 2 heterocycles. The van der Waals surface area contributed by atoms with Gasteiger partial charge in [-0.1, -0.05) is 26.7 Å². The van der Waals surface area contributed by atoms with E-state index in [0.717, 1.165) is 32.5 Å². The van der Waals surface area contributed by atoms with Crippen molar-refractivity contribution in [1.29, 1.82) is 0 Å². The molecule has 2 amide bonds. The van der Waals surface area contributed by atoms with Crippen LogP contribution in [0.5, 0.6) is 0 Å². The van der Waals surface area contributed by atoms with Crippen LogP contribution in [-0.4, -0.2) is 47.3 Å². The Labute approximate surface area is 134 Å². The molecule has 1 saturated carbocycles. The van der Waals surface area contributed by atoms with Gasteiger partial charge in [-0.15, -0.1) is 0 Å². The maximum absolute atomic E-state index is 12.9. The van der Waals surface area contributed by atoms with Crippen LogP contribution in [0.4, 0.5) is 0 Å². The fraction of sp³-hybridized carbons (Fsp3) is 0.889. The van der Waals surface area contributed by atoms with E-state index in [-0.39, 0.29) is 17.9 Å². The highest BCUT2D eigenvalue weighted by atomic mass is 16.2. The van der Waals surface area contributed by atoms with Gasteiger partial charge in [0.15, 0.2) is 0 Å². The molecule has 0 aromatic heterocycles. The fourth-order valence-corrected chi connectivity index (χ4v) is 4.48. The summed E-state index contributed by atoms with van der Waals surface area (Å²) in [5.74, 6) is 2.06. The molecule has 2 atom stereocenters. The third-order valence-corrected chi connectivity index (χ3v) is 5.64. The summed E-state index contributed by atoms with van der Waals surface area (Å²) in [5.41, 5.74) is 0. The van der Waals surface area contributed by atoms with E-state index in [9.17, 15) is 9.59 Å². The lowest BCUT2D eigenvalue weighted by molar-refractivity contribution is -0.155. The number of fused-ring (bicyclic) bond motifs is 2. The van der Waals surface area contributed by atoms with Gasteiger partial charge in [0.2, 0.25) is 11.8 Å². The topological polar surface area (TPSA) is 40.6 Å². The summed E-state index contributed by atoms with van der Waals surface area (Å²) < 4.78 is 0. The second-order valence-electron chi connectivity index (χ2n) is 7.99. The minimum atomic E-state index is -0.167. The Hall–Kier alpha value is -1.06. The number of amides is 2. The van der Waals surface area contributed by atoms with Crippen LogP contribution < -0.4 is 0 Å². The van der Waals surface area contributed by atoms with Gasteiger partial charge in [0.1, 0.15) is 6.04 Å². The Balaban J connectivity index is 1.66. The third-order valence-electron chi connectivity index (χ3n) is 5.64. The molecule has 3 aliphatic rings. The first-order valence-electron chi connectivity index (χ1n) is 9.13. The summed E-state index contributed by atoms with van der Waals surface area (Å²) in [5, 5.41) is 0. The summed E-state index contributed by atoms with van der Waals surface area (Å²) in [6.07, 6.45) is 7.71. The van der Waals surface area contributed by atoms with E-state index in [4.69, 9.17) is 0 Å². The first-order valence-corrected chi connectivity index (χ1v) is 9.13. The van der Waals surface area contributed by atoms with Crippen LogP contribution in [0.15, 0.2) is 0 Å². The minimum absolute atomic E-state index is 0.167. The zero-order valence-corrected chi connectivity index (χ0v) is 14.1. The van der Waals surface area contributed by atoms with E-state index in [1.165, 1.54) is 25.7 Å². The van der Waals surface area contributed by atoms with Crippen LogP contribution in [0, 0.1) is 17.8 Å². The molecule has 4 heteroatoms. The largest absolute Gasteiger partial charge is 0.340 e. The standard InChI is InChI=1S/C18H30N2O2/c1-13(2)9-17(21)20-8-7-15-10-16(20)18(22)19(12-15)11-14-5-3-4-6-14/h13-16H,3-12H2,1-2H3/t15-,16+/m0/s1. The van der Waals surface area contributed by atoms with Crippen LogP contribution >= 0.6 is 0 Å². The van der Waals surface area contributed by atoms with Crippen LogP contribution in [0.1, 0.15) is 58.8 Å². The quantitative estimate of drug-likeness (QED) is 0.801. The Morgan fingerprint density at radius 1 is 1.23 bits per heavy atom. The second-order valence-corrected chi connectivity index (χ2v) is 7.99. The highest BCUT2D eigenvalue weighted by Crippen LogP contribution is 2.33. The molecule has 2 saturated heterocycles. The Bertz CT molecular complexity index is 429. The van der Waals surface area contributed by atoms with Gasteiger partial charge in [-0.05, 0) is 43.4 Å². The van der Waals surface area contributed by atoms with Gasteiger partial charge >= 0.3 is 0 Å². The Morgan fingerprint density at radius 2 is 1.95 bits per heavy atom. The normalized spacial score (nSPS) is 29.5. The zero-order chi connectivity index (χ0) is 15.7. The molecule has 2 bridgehead atoms. The number of rotatable bonds is 4. The fourth-order valence-electron chi connectivity index (χ4n) is 4.48. The van der Waals surface area contributed by atoms with Crippen molar-refractivity contribution in [3.8, 4) is 0 Å². The first kappa shape index (κ1) is 15.8. The SMILES string of the molecule is CC(C)CC(=O)N1CC[C@H]2C[C@@H]1C(=O)N(CC1CCCC1)C2. The predicted octanol–water partition coefficient (Wildman–Crippen LogP) is 2.67. The lowest BCUT2D eigenvalue weighted by Gasteiger charge is -2.47. The average Bonchev–Trinajstić information content (AvgIpc) is 2.96. The van der Waals surface area contributed by atoms with E-state index >= 15 is 0 Å². The van der Waals surface area contributed by atoms with Crippen molar-refractivity contribution in [2.75, 3.05) is 19.6 Å². The van der Waals surface area contributed by atoms with Crippen molar-refractivity contribution in [1.82, 2.24) is 9.80 Å². The monoisotopic (exact) mass is 306 g/mol. The van der Waals surface area contributed by atoms with E-state index in [0.29, 0.717) is 24.2 Å². The molecule has 1 aliphatic carbocycles. The molecule has 4 nitrogen and oxygen atoms in total. The van der Waals surface area contributed by atoms with Crippen molar-refractivity contribution in [3.63, 3.8) is 0 Å². The van der Waals surface area contributed by atoms with Gasteiger partial charge in [-0.2, -0.15) is 0 Å². The summed E-state index contributed by atoms with van der Waals surface area (Å²) >= 11 is 0. The Kier molecular flexibility index (Phi) is 4.74. The van der Waals surface area contributed by atoms with E-state index < -0.39 is 0 Å². The molecule has 0 N–H and O–H groups in total. The molecule has 0 spiro atoms. The summed E-state index contributed by atoms with van der Waals surface area (Å²) in [4.78, 5) is 29.3. The molecular formula is C18H30N2O2. The summed E-state index contributed by atoms with van der Waals surface area (Å²) in [6.45, 7) is 6.78. The van der Waals surface area contributed by atoms with E-state index in [2.05, 4.69) is 18.7 Å². The second kappa shape index (κ2) is 6.59. The highest BCUT2D eigenvalue weighted by Gasteiger charge is 2.43. The zero-order valence-electron chi connectivity index (χ0n) is 14.1. The van der Waals surface area contributed by atoms with Crippen LogP contribution in [0.3, 0.4) is 0 Å². The molecule has 3 fully saturated rings. The molecule has 0 unspecified atom stereocenters. The van der Waals surface area contributed by atoms with Gasteiger partial charge in [0.05, 0.1) is 0 Å². The lowest BCUT2D eigenvalue weighted by Crippen LogP contribution is -2.60. The van der Waals surface area contributed by atoms with Crippen molar-refractivity contribution in [2.45, 2.75) is 64.8 Å².